The largest absolute Gasteiger partial charge is 0.497 e. The van der Waals surface area contributed by atoms with Crippen LogP contribution in [0.1, 0.15) is 36.9 Å². The molecule has 0 fully saturated rings. The molecular weight excluding hydrogens is 344 g/mol. The number of aliphatic hydroxyl groups excluding tert-OH is 1. The first-order chi connectivity index (χ1) is 13.0. The lowest BCUT2D eigenvalue weighted by Crippen LogP contribution is -2.36. The second-order valence-corrected chi connectivity index (χ2v) is 7.37. The van der Waals surface area contributed by atoms with Gasteiger partial charge in [0.25, 0.3) is 5.91 Å². The fourth-order valence-corrected chi connectivity index (χ4v) is 3.35. The van der Waals surface area contributed by atoms with E-state index in [4.69, 9.17) is 4.74 Å². The van der Waals surface area contributed by atoms with Crippen LogP contribution >= 0.6 is 0 Å². The van der Waals surface area contributed by atoms with Gasteiger partial charge in [-0.05, 0) is 29.7 Å². The molecule has 1 aromatic carbocycles. The van der Waals surface area contributed by atoms with Crippen molar-refractivity contribution in [2.75, 3.05) is 20.2 Å². The molecule has 0 bridgehead atoms. The van der Waals surface area contributed by atoms with Gasteiger partial charge in [-0.15, -0.1) is 0 Å². The molecule has 0 radical (unpaired) electrons. The van der Waals surface area contributed by atoms with Gasteiger partial charge >= 0.3 is 0 Å². The first-order valence-electron chi connectivity index (χ1n) is 9.34. The Kier molecular flexibility index (Phi) is 6.13. The molecule has 3 rings (SSSR count). The van der Waals surface area contributed by atoms with Crippen molar-refractivity contribution in [1.29, 1.82) is 0 Å². The molecule has 1 atom stereocenters. The van der Waals surface area contributed by atoms with Crippen LogP contribution in [-0.2, 0) is 24.4 Å². The van der Waals surface area contributed by atoms with E-state index in [9.17, 15) is 9.90 Å². The van der Waals surface area contributed by atoms with Crippen molar-refractivity contribution in [2.45, 2.75) is 39.6 Å². The van der Waals surface area contributed by atoms with Crippen LogP contribution in [0.5, 0.6) is 5.75 Å². The third-order valence-corrected chi connectivity index (χ3v) is 4.67. The molecule has 27 heavy (non-hydrogen) atoms. The number of hydrogen-bond acceptors (Lipinski definition) is 5. The maximum Gasteiger partial charge on any atom is 0.253 e. The van der Waals surface area contributed by atoms with E-state index < -0.39 is 12.0 Å². The molecule has 146 valence electrons. The fourth-order valence-electron chi connectivity index (χ4n) is 3.35. The molecule has 2 N–H and O–H groups in total. The zero-order valence-corrected chi connectivity index (χ0v) is 16.2. The quantitative estimate of drug-likeness (QED) is 0.774. The second-order valence-electron chi connectivity index (χ2n) is 7.37. The number of rotatable bonds is 7. The summed E-state index contributed by atoms with van der Waals surface area (Å²) in [6.07, 6.45) is -1.21. The predicted octanol–water partition coefficient (Wildman–Crippen LogP) is 1.71. The maximum absolute atomic E-state index is 12.3. The Hall–Kier alpha value is -2.38. The minimum Gasteiger partial charge on any atom is -0.497 e. The number of benzene rings is 1. The van der Waals surface area contributed by atoms with Crippen LogP contribution in [0.15, 0.2) is 30.3 Å². The number of aromatic nitrogens is 2. The van der Waals surface area contributed by atoms with E-state index in [0.717, 1.165) is 31.9 Å². The first kappa shape index (κ1) is 19.4. The zero-order valence-electron chi connectivity index (χ0n) is 16.2. The van der Waals surface area contributed by atoms with E-state index >= 15 is 0 Å². The molecule has 1 aliphatic heterocycles. The topological polar surface area (TPSA) is 79.6 Å². The highest BCUT2D eigenvalue weighted by atomic mass is 16.5. The Morgan fingerprint density at radius 3 is 2.70 bits per heavy atom. The number of ether oxygens (including phenoxy) is 1. The third-order valence-electron chi connectivity index (χ3n) is 4.67. The van der Waals surface area contributed by atoms with Gasteiger partial charge in [-0.25, -0.2) is 0 Å². The number of carbonyl (C=O) groups excluding carboxylic acids is 1. The number of methoxy groups -OCH3 is 1. The Bertz CT molecular complexity index is 770. The number of fused-ring (bicyclic) bond motifs is 1. The van der Waals surface area contributed by atoms with E-state index in [2.05, 4.69) is 29.2 Å². The van der Waals surface area contributed by atoms with Crippen LogP contribution in [0.4, 0.5) is 0 Å². The first-order valence-corrected chi connectivity index (χ1v) is 9.34. The summed E-state index contributed by atoms with van der Waals surface area (Å²) in [5.41, 5.74) is 2.51. The average molecular weight is 372 g/mol. The second kappa shape index (κ2) is 8.54. The van der Waals surface area contributed by atoms with Crippen molar-refractivity contribution in [3.63, 3.8) is 0 Å². The summed E-state index contributed by atoms with van der Waals surface area (Å²) >= 11 is 0. The molecule has 7 nitrogen and oxygen atoms in total. The molecule has 0 saturated carbocycles. The summed E-state index contributed by atoms with van der Waals surface area (Å²) in [7, 11) is 1.57. The van der Waals surface area contributed by atoms with E-state index in [1.807, 2.05) is 10.7 Å². The number of nitrogens with one attached hydrogen (secondary N) is 1. The van der Waals surface area contributed by atoms with Gasteiger partial charge in [0.1, 0.15) is 5.75 Å². The highest BCUT2D eigenvalue weighted by molar-refractivity contribution is 5.81. The molecule has 0 unspecified atom stereocenters. The minimum absolute atomic E-state index is 0.302. The highest BCUT2D eigenvalue weighted by Gasteiger charge is 2.20. The molecule has 7 heteroatoms. The van der Waals surface area contributed by atoms with Gasteiger partial charge < -0.3 is 15.2 Å². The normalized spacial score (nSPS) is 15.4. The van der Waals surface area contributed by atoms with Gasteiger partial charge in [0.2, 0.25) is 0 Å². The third kappa shape index (κ3) is 4.87. The number of carbonyl (C=O) groups is 1. The average Bonchev–Trinajstić information content (AvgIpc) is 3.07. The van der Waals surface area contributed by atoms with Crippen molar-refractivity contribution in [3.05, 3.63) is 47.3 Å². The van der Waals surface area contributed by atoms with Crippen LogP contribution < -0.4 is 10.1 Å². The lowest BCUT2D eigenvalue weighted by Gasteiger charge is -2.28. The van der Waals surface area contributed by atoms with Gasteiger partial charge in [0, 0.05) is 19.6 Å². The molecule has 1 aromatic heterocycles. The molecule has 0 aliphatic carbocycles. The summed E-state index contributed by atoms with van der Waals surface area (Å²) in [4.78, 5) is 14.7. The maximum atomic E-state index is 12.3. The zero-order chi connectivity index (χ0) is 19.4. The molecule has 1 amide bonds. The Balaban J connectivity index is 1.55. The fraction of sp³-hybridized carbons (Fsp3) is 0.500. The summed E-state index contributed by atoms with van der Waals surface area (Å²) in [5.74, 6) is 0.881. The number of aliphatic hydroxyl groups is 1. The van der Waals surface area contributed by atoms with Crippen molar-refractivity contribution >= 4 is 5.91 Å². The van der Waals surface area contributed by atoms with Crippen LogP contribution in [-0.4, -0.2) is 45.9 Å². The monoisotopic (exact) mass is 372 g/mol. The molecule has 2 aromatic rings. The van der Waals surface area contributed by atoms with Gasteiger partial charge in [-0.3, -0.25) is 14.4 Å². The van der Waals surface area contributed by atoms with E-state index in [-0.39, 0.29) is 0 Å². The summed E-state index contributed by atoms with van der Waals surface area (Å²) in [6, 6.07) is 8.84. The predicted molar refractivity (Wildman–Crippen MR) is 102 cm³/mol. The SMILES string of the molecule is COc1ccc([C@@H](O)C(=O)NCc2cc3n(n2)CCN(CC(C)C)C3)cc1. The number of nitrogens with zero attached hydrogens (tertiary/aromatic N) is 3. The summed E-state index contributed by atoms with van der Waals surface area (Å²) in [6.45, 7) is 8.57. The lowest BCUT2D eigenvalue weighted by atomic mass is 10.1. The van der Waals surface area contributed by atoms with Crippen molar-refractivity contribution in [2.24, 2.45) is 5.92 Å². The number of hydrogen-bond donors (Lipinski definition) is 2. The van der Waals surface area contributed by atoms with Gasteiger partial charge in [0.15, 0.2) is 6.10 Å². The molecule has 0 saturated heterocycles. The lowest BCUT2D eigenvalue weighted by molar-refractivity contribution is -0.129. The molecule has 1 aliphatic rings. The van der Waals surface area contributed by atoms with Crippen molar-refractivity contribution in [3.8, 4) is 5.75 Å². The van der Waals surface area contributed by atoms with Gasteiger partial charge in [-0.2, -0.15) is 5.10 Å². The standard InChI is InChI=1S/C20H28N4O3/c1-14(2)12-23-8-9-24-17(13-23)10-16(22-24)11-21-20(26)19(25)15-4-6-18(27-3)7-5-15/h4-7,10,14,19,25H,8-9,11-13H2,1-3H3,(H,21,26)/t19-/m1/s1. The van der Waals surface area contributed by atoms with E-state index in [1.54, 1.807) is 31.4 Å². The Labute approximate surface area is 159 Å². The van der Waals surface area contributed by atoms with Crippen LogP contribution in [0.3, 0.4) is 0 Å². The Morgan fingerprint density at radius 1 is 1.30 bits per heavy atom. The van der Waals surface area contributed by atoms with Crippen molar-refractivity contribution < 1.29 is 14.6 Å². The highest BCUT2D eigenvalue weighted by Crippen LogP contribution is 2.18. The van der Waals surface area contributed by atoms with E-state index in [1.165, 1.54) is 5.69 Å². The van der Waals surface area contributed by atoms with E-state index in [0.29, 0.717) is 23.8 Å². The minimum atomic E-state index is -1.21. The summed E-state index contributed by atoms with van der Waals surface area (Å²) in [5, 5.41) is 17.6. The number of amides is 1. The van der Waals surface area contributed by atoms with Gasteiger partial charge in [-0.1, -0.05) is 26.0 Å². The van der Waals surface area contributed by atoms with Crippen molar-refractivity contribution in [1.82, 2.24) is 20.0 Å². The smallest absolute Gasteiger partial charge is 0.253 e. The molecule has 0 spiro atoms. The van der Waals surface area contributed by atoms with Crippen LogP contribution in [0.25, 0.3) is 0 Å². The van der Waals surface area contributed by atoms with Gasteiger partial charge in [0.05, 0.1) is 31.6 Å². The Morgan fingerprint density at radius 2 is 2.04 bits per heavy atom. The van der Waals surface area contributed by atoms with Crippen LogP contribution in [0.2, 0.25) is 0 Å². The molecular formula is C20H28N4O3. The van der Waals surface area contributed by atoms with Crippen LogP contribution in [0, 0.1) is 5.92 Å². The summed E-state index contributed by atoms with van der Waals surface area (Å²) < 4.78 is 7.10. The molecule has 2 heterocycles.